The molecule has 7 nitrogen and oxygen atoms in total. The van der Waals surface area contributed by atoms with E-state index in [9.17, 15) is 0 Å². The molecule has 2 fully saturated rings. The van der Waals surface area contributed by atoms with Crippen LogP contribution in [0, 0.1) is 12.3 Å². The monoisotopic (exact) mass is 529 g/mol. The molecule has 0 saturated carbocycles. The highest BCUT2D eigenvalue weighted by molar-refractivity contribution is 7.10. The number of imidazole rings is 2. The molecule has 6 rings (SSSR count). The van der Waals surface area contributed by atoms with Gasteiger partial charge in [-0.1, -0.05) is 24.3 Å². The summed E-state index contributed by atoms with van der Waals surface area (Å²) in [7, 11) is 0. The first kappa shape index (κ1) is 25.5. The van der Waals surface area contributed by atoms with E-state index < -0.39 is 0 Å². The summed E-state index contributed by atoms with van der Waals surface area (Å²) >= 11 is 1.91. The van der Waals surface area contributed by atoms with Crippen molar-refractivity contribution < 1.29 is 0 Å². The lowest BCUT2D eigenvalue weighted by molar-refractivity contribution is 0.102. The Hall–Kier alpha value is -2.78. The number of aromatic amines is 2. The third kappa shape index (κ3) is 6.26. The Bertz CT molecular complexity index is 1220. The smallest absolute Gasteiger partial charge is 0.120 e. The van der Waals surface area contributed by atoms with Gasteiger partial charge in [-0.2, -0.15) is 0 Å². The molecule has 38 heavy (non-hydrogen) atoms. The number of hydrogen-bond acceptors (Lipinski definition) is 6. The molecule has 1 spiro atoms. The Morgan fingerprint density at radius 1 is 0.816 bits per heavy atom. The van der Waals surface area contributed by atoms with Gasteiger partial charge in [-0.25, -0.2) is 9.97 Å². The molecule has 8 heteroatoms. The molecule has 0 amide bonds. The van der Waals surface area contributed by atoms with Crippen LogP contribution in [-0.2, 0) is 32.7 Å². The fourth-order valence-electron chi connectivity index (χ4n) is 6.15. The van der Waals surface area contributed by atoms with E-state index in [0.29, 0.717) is 5.41 Å². The van der Waals surface area contributed by atoms with Gasteiger partial charge in [0.25, 0.3) is 0 Å². The van der Waals surface area contributed by atoms with Gasteiger partial charge in [-0.15, -0.1) is 11.3 Å². The molecule has 200 valence electrons. The van der Waals surface area contributed by atoms with Crippen LogP contribution < -0.4 is 0 Å². The number of aryl methyl sites for hydroxylation is 1. The number of benzene rings is 1. The summed E-state index contributed by atoms with van der Waals surface area (Å²) in [6.07, 6.45) is 11.4. The largest absolute Gasteiger partial charge is 0.348 e. The highest BCUT2D eigenvalue weighted by Crippen LogP contribution is 2.41. The van der Waals surface area contributed by atoms with Gasteiger partial charge < -0.3 is 9.97 Å². The Labute approximate surface area is 229 Å². The van der Waals surface area contributed by atoms with Gasteiger partial charge in [0, 0.05) is 55.8 Å². The summed E-state index contributed by atoms with van der Waals surface area (Å²) in [4.78, 5) is 24.6. The third-order valence-electron chi connectivity index (χ3n) is 8.46. The number of thiophene rings is 1. The maximum Gasteiger partial charge on any atom is 0.120 e. The summed E-state index contributed by atoms with van der Waals surface area (Å²) in [5.41, 5.74) is 4.72. The molecule has 0 atom stereocenters. The first-order chi connectivity index (χ1) is 18.6. The number of H-pyrrole nitrogens is 2. The molecular weight excluding hydrogens is 490 g/mol. The second kappa shape index (κ2) is 11.5. The fourth-order valence-corrected chi connectivity index (χ4v) is 7.10. The van der Waals surface area contributed by atoms with E-state index in [1.165, 1.54) is 62.1 Å². The minimum Gasteiger partial charge on any atom is -0.348 e. The summed E-state index contributed by atoms with van der Waals surface area (Å²) < 4.78 is 0. The van der Waals surface area contributed by atoms with Crippen LogP contribution in [0.1, 0.15) is 52.5 Å². The summed E-state index contributed by atoms with van der Waals surface area (Å²) in [6, 6.07) is 11.5. The molecule has 1 aromatic carbocycles. The maximum atomic E-state index is 4.42. The summed E-state index contributed by atoms with van der Waals surface area (Å²) in [6.45, 7) is 11.8. The van der Waals surface area contributed by atoms with Crippen LogP contribution in [0.5, 0.6) is 0 Å². The van der Waals surface area contributed by atoms with Crippen molar-refractivity contribution in [1.29, 1.82) is 0 Å². The third-order valence-corrected chi connectivity index (χ3v) is 9.47. The first-order valence-electron chi connectivity index (χ1n) is 13.9. The Kier molecular flexibility index (Phi) is 7.74. The minimum absolute atomic E-state index is 0.527. The number of likely N-dealkylation sites (tertiary alicyclic amines) is 2. The second-order valence-electron chi connectivity index (χ2n) is 11.3. The highest BCUT2D eigenvalue weighted by Gasteiger charge is 2.40. The van der Waals surface area contributed by atoms with Gasteiger partial charge in [0.2, 0.25) is 0 Å². The van der Waals surface area contributed by atoms with Crippen molar-refractivity contribution in [2.24, 2.45) is 5.41 Å². The molecule has 4 aromatic rings. The topological polar surface area (TPSA) is 67.1 Å². The van der Waals surface area contributed by atoms with Crippen molar-refractivity contribution in [3.63, 3.8) is 0 Å². The van der Waals surface area contributed by atoms with E-state index in [-0.39, 0.29) is 0 Å². The Morgan fingerprint density at radius 2 is 1.45 bits per heavy atom. The zero-order valence-electron chi connectivity index (χ0n) is 22.4. The van der Waals surface area contributed by atoms with Crippen LogP contribution in [0.25, 0.3) is 0 Å². The zero-order valence-corrected chi connectivity index (χ0v) is 23.2. The average Bonchev–Trinajstić information content (AvgIpc) is 3.74. The molecule has 2 aliphatic heterocycles. The van der Waals surface area contributed by atoms with E-state index in [0.717, 1.165) is 44.4 Å². The summed E-state index contributed by atoms with van der Waals surface area (Å²) in [5, 5.41) is 2.23. The molecule has 5 heterocycles. The predicted molar refractivity (Wildman–Crippen MR) is 152 cm³/mol. The first-order valence-corrected chi connectivity index (χ1v) is 14.7. The molecule has 3 aromatic heterocycles. The standard InChI is InChI=1S/C30H39N7S/c1-24-6-17-38-27(24)20-35-14-7-30(8-15-35)9-16-36(23-30)18-25-2-4-26(5-3-25)19-37(21-28-31-10-11-32-28)22-29-33-12-13-34-29/h2-6,10-13,17H,7-9,14-16,18-23H2,1H3,(H,31,32)(H,33,34). The van der Waals surface area contributed by atoms with Crippen LogP contribution in [-0.4, -0.2) is 60.8 Å². The van der Waals surface area contributed by atoms with Crippen LogP contribution in [0.3, 0.4) is 0 Å². The number of piperidine rings is 1. The Morgan fingerprint density at radius 3 is 2.03 bits per heavy atom. The van der Waals surface area contributed by atoms with Gasteiger partial charge >= 0.3 is 0 Å². The molecule has 0 radical (unpaired) electrons. The Balaban J connectivity index is 1.00. The number of aromatic nitrogens is 4. The van der Waals surface area contributed by atoms with Crippen LogP contribution in [0.4, 0.5) is 0 Å². The fraction of sp³-hybridized carbons (Fsp3) is 0.467. The lowest BCUT2D eigenvalue weighted by atomic mass is 9.78. The van der Waals surface area contributed by atoms with Crippen molar-refractivity contribution in [2.75, 3.05) is 26.2 Å². The molecule has 0 bridgehead atoms. The van der Waals surface area contributed by atoms with Crippen molar-refractivity contribution in [3.05, 3.63) is 93.7 Å². The van der Waals surface area contributed by atoms with E-state index in [1.54, 1.807) is 4.88 Å². The van der Waals surface area contributed by atoms with Gasteiger partial charge in [-0.3, -0.25) is 14.7 Å². The average molecular weight is 530 g/mol. The van der Waals surface area contributed by atoms with Crippen molar-refractivity contribution in [3.8, 4) is 0 Å². The van der Waals surface area contributed by atoms with Gasteiger partial charge in [0.1, 0.15) is 11.6 Å². The SMILES string of the molecule is Cc1ccsc1CN1CCC2(CC1)CCN(Cc1ccc(CN(Cc3ncc[nH]3)Cc3ncc[nH]3)cc1)C2. The molecule has 2 N–H and O–H groups in total. The number of hydrogen-bond donors (Lipinski definition) is 2. The molecule has 0 unspecified atom stereocenters. The maximum absolute atomic E-state index is 4.42. The normalized spacial score (nSPS) is 18.2. The van der Waals surface area contributed by atoms with Crippen molar-refractivity contribution >= 4 is 11.3 Å². The van der Waals surface area contributed by atoms with Crippen LogP contribution >= 0.6 is 11.3 Å². The molecule has 0 aliphatic carbocycles. The van der Waals surface area contributed by atoms with E-state index in [1.807, 2.05) is 36.1 Å². The van der Waals surface area contributed by atoms with E-state index in [2.05, 4.69) is 77.3 Å². The second-order valence-corrected chi connectivity index (χ2v) is 12.3. The van der Waals surface area contributed by atoms with E-state index >= 15 is 0 Å². The summed E-state index contributed by atoms with van der Waals surface area (Å²) in [5.74, 6) is 1.95. The lowest BCUT2D eigenvalue weighted by Crippen LogP contribution is -2.41. The van der Waals surface area contributed by atoms with Gasteiger partial charge in [0.15, 0.2) is 0 Å². The van der Waals surface area contributed by atoms with Crippen molar-refractivity contribution in [2.45, 2.75) is 58.9 Å². The van der Waals surface area contributed by atoms with Crippen molar-refractivity contribution in [1.82, 2.24) is 34.6 Å². The van der Waals surface area contributed by atoms with Gasteiger partial charge in [0.05, 0.1) is 13.1 Å². The lowest BCUT2D eigenvalue weighted by Gasteiger charge is -2.39. The van der Waals surface area contributed by atoms with Gasteiger partial charge in [-0.05, 0) is 79.4 Å². The van der Waals surface area contributed by atoms with Crippen LogP contribution in [0.15, 0.2) is 60.5 Å². The zero-order chi connectivity index (χ0) is 25.8. The number of nitrogens with one attached hydrogen (secondary N) is 2. The number of nitrogens with zero attached hydrogens (tertiary/aromatic N) is 5. The van der Waals surface area contributed by atoms with E-state index in [4.69, 9.17) is 0 Å². The van der Waals surface area contributed by atoms with Crippen LogP contribution in [0.2, 0.25) is 0 Å². The molecule has 2 saturated heterocycles. The predicted octanol–water partition coefficient (Wildman–Crippen LogP) is 5.19. The highest BCUT2D eigenvalue weighted by atomic mass is 32.1. The quantitative estimate of drug-likeness (QED) is 0.296. The molecular formula is C30H39N7S. The number of rotatable bonds is 10. The molecule has 2 aliphatic rings. The minimum atomic E-state index is 0.527.